The van der Waals surface area contributed by atoms with Gasteiger partial charge in [-0.3, -0.25) is 4.79 Å². The van der Waals surface area contributed by atoms with Gasteiger partial charge in [0.25, 0.3) is 0 Å². The molecule has 1 unspecified atom stereocenters. The molecule has 0 saturated heterocycles. The monoisotopic (exact) mass is 386 g/mol. The van der Waals surface area contributed by atoms with Crippen LogP contribution in [0.2, 0.25) is 0 Å². The van der Waals surface area contributed by atoms with Crippen molar-refractivity contribution in [2.75, 3.05) is 10.6 Å². The summed E-state index contributed by atoms with van der Waals surface area (Å²) in [4.78, 5) is 20.3. The number of anilines is 3. The fourth-order valence-corrected chi connectivity index (χ4v) is 2.56. The molecule has 0 radical (unpaired) electrons. The predicted octanol–water partition coefficient (Wildman–Crippen LogP) is 3.69. The molecule has 2 aromatic heterocycles. The number of ketones is 1. The molecule has 0 aliphatic heterocycles. The molecule has 0 fully saturated rings. The second-order valence-corrected chi connectivity index (χ2v) is 6.50. The molecule has 3 aromatic rings. The fourth-order valence-electron chi connectivity index (χ4n) is 2.56. The van der Waals surface area contributed by atoms with Gasteiger partial charge < -0.3 is 10.6 Å². The molecule has 2 N–H and O–H groups in total. The number of aryl methyl sites for hydroxylation is 2. The first-order chi connectivity index (χ1) is 13.2. The Morgan fingerprint density at radius 2 is 1.86 bits per heavy atom. The third kappa shape index (κ3) is 4.30. The molecule has 0 saturated carbocycles. The van der Waals surface area contributed by atoms with Crippen molar-refractivity contribution >= 4 is 23.2 Å². The molecule has 0 amide bonds. The standard InChI is InChI=1S/C19H20F2N6O/c1-10-7-11(2)27(26-10)18-9-17(22-12(3)13(4)28)24-19(25-18)23-14-5-6-15(20)16(21)8-14/h5-9,12H,1-4H3,(H2,22,23,24,25). The van der Waals surface area contributed by atoms with Crippen LogP contribution in [0.3, 0.4) is 0 Å². The Bertz CT molecular complexity index is 1030. The van der Waals surface area contributed by atoms with Gasteiger partial charge in [-0.15, -0.1) is 0 Å². The average molecular weight is 386 g/mol. The summed E-state index contributed by atoms with van der Waals surface area (Å²) < 4.78 is 28.3. The minimum Gasteiger partial charge on any atom is -0.360 e. The number of carbonyl (C=O) groups is 1. The maximum Gasteiger partial charge on any atom is 0.231 e. The number of hydrogen-bond donors (Lipinski definition) is 2. The lowest BCUT2D eigenvalue weighted by molar-refractivity contribution is -0.117. The highest BCUT2D eigenvalue weighted by Crippen LogP contribution is 2.21. The minimum absolute atomic E-state index is 0.0543. The van der Waals surface area contributed by atoms with Crippen LogP contribution in [0.15, 0.2) is 30.3 Å². The summed E-state index contributed by atoms with van der Waals surface area (Å²) in [6.45, 7) is 6.94. The number of rotatable bonds is 6. The van der Waals surface area contributed by atoms with Crippen LogP contribution in [0, 0.1) is 25.5 Å². The summed E-state index contributed by atoms with van der Waals surface area (Å²) in [6, 6.07) is 6.51. The third-order valence-corrected chi connectivity index (χ3v) is 4.09. The lowest BCUT2D eigenvalue weighted by Crippen LogP contribution is -2.24. The van der Waals surface area contributed by atoms with Crippen LogP contribution >= 0.6 is 0 Å². The van der Waals surface area contributed by atoms with E-state index in [0.29, 0.717) is 11.6 Å². The topological polar surface area (TPSA) is 84.7 Å². The van der Waals surface area contributed by atoms with Gasteiger partial charge in [-0.05, 0) is 45.9 Å². The zero-order valence-corrected chi connectivity index (χ0v) is 15.9. The van der Waals surface area contributed by atoms with E-state index >= 15 is 0 Å². The van der Waals surface area contributed by atoms with Crippen LogP contribution in [0.1, 0.15) is 25.2 Å². The maximum absolute atomic E-state index is 13.5. The molecule has 7 nitrogen and oxygen atoms in total. The third-order valence-electron chi connectivity index (χ3n) is 4.09. The van der Waals surface area contributed by atoms with Gasteiger partial charge in [-0.25, -0.2) is 13.5 Å². The smallest absolute Gasteiger partial charge is 0.231 e. The van der Waals surface area contributed by atoms with Crippen LogP contribution in [0.4, 0.5) is 26.2 Å². The molecule has 9 heteroatoms. The molecule has 1 aromatic carbocycles. The van der Waals surface area contributed by atoms with Crippen molar-refractivity contribution in [3.63, 3.8) is 0 Å². The van der Waals surface area contributed by atoms with Crippen molar-refractivity contribution in [2.24, 2.45) is 0 Å². The molecule has 0 aliphatic rings. The number of hydrogen-bond acceptors (Lipinski definition) is 6. The number of halogens is 2. The normalized spacial score (nSPS) is 11.9. The van der Waals surface area contributed by atoms with Crippen molar-refractivity contribution in [1.82, 2.24) is 19.7 Å². The zero-order chi connectivity index (χ0) is 20.4. The van der Waals surface area contributed by atoms with Gasteiger partial charge in [0.2, 0.25) is 5.95 Å². The lowest BCUT2D eigenvalue weighted by Gasteiger charge is -2.15. The molecule has 3 rings (SSSR count). The predicted molar refractivity (Wildman–Crippen MR) is 102 cm³/mol. The summed E-state index contributed by atoms with van der Waals surface area (Å²) >= 11 is 0. The molecule has 0 bridgehead atoms. The van der Waals surface area contributed by atoms with Crippen LogP contribution in [0.25, 0.3) is 5.82 Å². The summed E-state index contributed by atoms with van der Waals surface area (Å²) in [5.41, 5.74) is 1.97. The Hall–Kier alpha value is -3.36. The maximum atomic E-state index is 13.5. The second-order valence-electron chi connectivity index (χ2n) is 6.50. The lowest BCUT2D eigenvalue weighted by atomic mass is 10.2. The second kappa shape index (κ2) is 7.71. The summed E-state index contributed by atoms with van der Waals surface area (Å²) in [6.07, 6.45) is 0. The summed E-state index contributed by atoms with van der Waals surface area (Å²) in [5.74, 6) is -0.978. The molecule has 28 heavy (non-hydrogen) atoms. The molecule has 146 valence electrons. The van der Waals surface area contributed by atoms with E-state index in [1.54, 1.807) is 17.7 Å². The van der Waals surface area contributed by atoms with Gasteiger partial charge in [-0.2, -0.15) is 15.1 Å². The van der Waals surface area contributed by atoms with E-state index in [1.807, 2.05) is 19.9 Å². The fraction of sp³-hybridized carbons (Fsp3) is 0.263. The highest BCUT2D eigenvalue weighted by atomic mass is 19.2. The molecular weight excluding hydrogens is 366 g/mol. The highest BCUT2D eigenvalue weighted by molar-refractivity contribution is 5.83. The van der Waals surface area contributed by atoms with E-state index in [2.05, 4.69) is 25.7 Å². The number of carbonyl (C=O) groups excluding carboxylic acids is 1. The first kappa shape index (κ1) is 19.4. The Kier molecular flexibility index (Phi) is 5.34. The number of benzene rings is 1. The molecule has 2 heterocycles. The Morgan fingerprint density at radius 3 is 2.46 bits per heavy atom. The van der Waals surface area contributed by atoms with E-state index < -0.39 is 17.7 Å². The number of nitrogens with one attached hydrogen (secondary N) is 2. The first-order valence-electron chi connectivity index (χ1n) is 8.64. The molecule has 0 spiro atoms. The summed E-state index contributed by atoms with van der Waals surface area (Å²) in [5, 5.41) is 10.3. The van der Waals surface area contributed by atoms with Gasteiger partial charge in [0.05, 0.1) is 11.7 Å². The number of aromatic nitrogens is 4. The van der Waals surface area contributed by atoms with Crippen LogP contribution in [0.5, 0.6) is 0 Å². The van der Waals surface area contributed by atoms with Crippen molar-refractivity contribution in [1.29, 1.82) is 0 Å². The van der Waals surface area contributed by atoms with E-state index in [4.69, 9.17) is 0 Å². The quantitative estimate of drug-likeness (QED) is 0.672. The molecule has 0 aliphatic carbocycles. The van der Waals surface area contributed by atoms with Gasteiger partial charge in [-0.1, -0.05) is 0 Å². The van der Waals surface area contributed by atoms with Crippen molar-refractivity contribution < 1.29 is 13.6 Å². The minimum atomic E-state index is -0.983. The molecular formula is C19H20F2N6O. The summed E-state index contributed by atoms with van der Waals surface area (Å²) in [7, 11) is 0. The zero-order valence-electron chi connectivity index (χ0n) is 15.9. The Labute approximate surface area is 160 Å². The van der Waals surface area contributed by atoms with Crippen molar-refractivity contribution in [2.45, 2.75) is 33.7 Å². The largest absolute Gasteiger partial charge is 0.360 e. The number of nitrogens with zero attached hydrogens (tertiary/aromatic N) is 4. The van der Waals surface area contributed by atoms with Crippen LogP contribution < -0.4 is 10.6 Å². The Morgan fingerprint density at radius 1 is 1.11 bits per heavy atom. The number of Topliss-reactive ketones (excluding diaryl/α,β-unsaturated/α-hetero) is 1. The Balaban J connectivity index is 2.02. The average Bonchev–Trinajstić information content (AvgIpc) is 2.96. The van der Waals surface area contributed by atoms with E-state index in [9.17, 15) is 13.6 Å². The van der Waals surface area contributed by atoms with Gasteiger partial charge >= 0.3 is 0 Å². The van der Waals surface area contributed by atoms with Crippen molar-refractivity contribution in [3.05, 3.63) is 53.4 Å². The highest BCUT2D eigenvalue weighted by Gasteiger charge is 2.14. The SMILES string of the molecule is CC(=O)C(C)Nc1cc(-n2nc(C)cc2C)nc(Nc2ccc(F)c(F)c2)n1. The van der Waals surface area contributed by atoms with E-state index in [-0.39, 0.29) is 17.4 Å². The van der Waals surface area contributed by atoms with Gasteiger partial charge in [0.1, 0.15) is 5.82 Å². The van der Waals surface area contributed by atoms with E-state index in [0.717, 1.165) is 23.5 Å². The van der Waals surface area contributed by atoms with Crippen LogP contribution in [-0.2, 0) is 4.79 Å². The molecule has 1 atom stereocenters. The van der Waals surface area contributed by atoms with Gasteiger partial charge in [0, 0.05) is 23.5 Å². The van der Waals surface area contributed by atoms with E-state index in [1.165, 1.54) is 13.0 Å². The first-order valence-corrected chi connectivity index (χ1v) is 8.64. The van der Waals surface area contributed by atoms with Crippen molar-refractivity contribution in [3.8, 4) is 5.82 Å². The van der Waals surface area contributed by atoms with Gasteiger partial charge in [0.15, 0.2) is 23.2 Å². The van der Waals surface area contributed by atoms with Crippen LogP contribution in [-0.4, -0.2) is 31.6 Å².